The normalized spacial score (nSPS) is 7.40. The second-order valence-electron chi connectivity index (χ2n) is 0.316. The Hall–Kier alpha value is 0.300. The molecule has 0 amide bonds. The van der Waals surface area contributed by atoms with Crippen LogP contribution in [0.3, 0.4) is 0 Å². The molecule has 0 spiro atoms. The van der Waals surface area contributed by atoms with Crippen molar-refractivity contribution in [3.63, 3.8) is 0 Å². The highest BCUT2D eigenvalue weighted by Crippen LogP contribution is 2.15. The van der Waals surface area contributed by atoms with E-state index in [9.17, 15) is 0 Å². The Balaban J connectivity index is 2.40. The van der Waals surface area contributed by atoms with Gasteiger partial charge in [-0.2, -0.15) is 0 Å². The van der Waals surface area contributed by atoms with Crippen LogP contribution in [0.4, 0.5) is 0 Å². The molecule has 0 aliphatic carbocycles. The van der Waals surface area contributed by atoms with E-state index in [2.05, 4.69) is 4.58 Å². The summed E-state index contributed by atoms with van der Waals surface area (Å²) in [5.74, 6) is 0. The van der Waals surface area contributed by atoms with E-state index in [-0.39, 0.29) is 0 Å². The van der Waals surface area contributed by atoms with Crippen LogP contribution in [0.5, 0.6) is 0 Å². The Kier molecular flexibility index (Phi) is 4.56. The molecule has 0 aliphatic heterocycles. The van der Waals surface area contributed by atoms with E-state index in [0.29, 0.717) is 0 Å². The van der Waals surface area contributed by atoms with Crippen molar-refractivity contribution in [3.05, 3.63) is 4.91 Å². The lowest BCUT2D eigenvalue weighted by Gasteiger charge is -1.66. The summed E-state index contributed by atoms with van der Waals surface area (Å²) in [5, 5.41) is 0. The van der Waals surface area contributed by atoms with Crippen molar-refractivity contribution in [2.75, 3.05) is 6.26 Å². The monoisotopic (exact) mass is 109 g/mol. The molecule has 0 N–H and O–H groups in total. The molecular weight excluding hydrogens is 106 g/mol. The second-order valence-corrected chi connectivity index (χ2v) is 2.39. The predicted octanol–water partition coefficient (Wildman–Crippen LogP) is 1.68. The van der Waals surface area contributed by atoms with Gasteiger partial charge in [0.05, 0.1) is 11.0 Å². The molecule has 0 saturated heterocycles. The maximum absolute atomic E-state index is 9.10. The number of nitroso groups, excluding NO2 is 1. The van der Waals surface area contributed by atoms with Gasteiger partial charge in [-0.05, 0) is 6.26 Å². The minimum absolute atomic E-state index is 0.949. The van der Waals surface area contributed by atoms with Crippen LogP contribution in [0.25, 0.3) is 0 Å². The summed E-state index contributed by atoms with van der Waals surface area (Å²) < 4.78 is 2.48. The first-order chi connectivity index (χ1) is 2.41. The Morgan fingerprint density at radius 1 is 1.80 bits per heavy atom. The maximum atomic E-state index is 9.10. The Bertz CT molecular complexity index is 30.8. The Labute approximate surface area is 38.2 Å². The highest BCUT2D eigenvalue weighted by molar-refractivity contribution is 8.75. The van der Waals surface area contributed by atoms with Crippen molar-refractivity contribution in [3.8, 4) is 0 Å². The molecular formula is CH3NOS2. The van der Waals surface area contributed by atoms with E-state index >= 15 is 0 Å². The number of hydrogen-bond donors (Lipinski definition) is 0. The van der Waals surface area contributed by atoms with Crippen molar-refractivity contribution in [1.82, 2.24) is 0 Å². The highest BCUT2D eigenvalue weighted by atomic mass is 33.1. The molecule has 0 saturated carbocycles. The molecule has 0 fully saturated rings. The van der Waals surface area contributed by atoms with Crippen LogP contribution in [0.2, 0.25) is 0 Å². The number of nitrogens with zero attached hydrogens (tertiary/aromatic N) is 1. The fourth-order valence-corrected chi connectivity index (χ4v) is 0.274. The largest absolute Gasteiger partial charge is 0.136 e. The lowest BCUT2D eigenvalue weighted by molar-refractivity contribution is 1.90. The van der Waals surface area contributed by atoms with E-state index < -0.39 is 0 Å². The van der Waals surface area contributed by atoms with Crippen molar-refractivity contribution < 1.29 is 0 Å². The van der Waals surface area contributed by atoms with Crippen molar-refractivity contribution >= 4 is 21.8 Å². The fourth-order valence-electron chi connectivity index (χ4n) is 0.0304. The highest BCUT2D eigenvalue weighted by Gasteiger charge is 1.68. The summed E-state index contributed by atoms with van der Waals surface area (Å²) in [6.45, 7) is 0. The summed E-state index contributed by atoms with van der Waals surface area (Å²) in [5.41, 5.74) is 0. The summed E-state index contributed by atoms with van der Waals surface area (Å²) in [6.07, 6.45) is 1.80. The summed E-state index contributed by atoms with van der Waals surface area (Å²) in [6, 6.07) is 0. The average Bonchev–Trinajstić information content (AvgIpc) is 1.41. The SMILES string of the molecule is CSSN=O. The van der Waals surface area contributed by atoms with E-state index in [1.807, 2.05) is 0 Å². The predicted molar refractivity (Wildman–Crippen MR) is 26.9 cm³/mol. The molecule has 0 aliphatic rings. The lowest BCUT2D eigenvalue weighted by atomic mass is 12.0. The molecule has 0 unspecified atom stereocenters. The van der Waals surface area contributed by atoms with Gasteiger partial charge < -0.3 is 0 Å². The fraction of sp³-hybridized carbons (Fsp3) is 1.00. The van der Waals surface area contributed by atoms with Crippen LogP contribution in [-0.4, -0.2) is 6.26 Å². The molecule has 0 heterocycles. The molecule has 0 atom stereocenters. The quantitative estimate of drug-likeness (QED) is 0.307. The minimum Gasteiger partial charge on any atom is -0.136 e. The van der Waals surface area contributed by atoms with Crippen LogP contribution in [0.1, 0.15) is 0 Å². The van der Waals surface area contributed by atoms with Crippen LogP contribution in [0, 0.1) is 4.91 Å². The standard InChI is InChI=1S/CH3NOS2/c1-4-5-2-3/h1H3. The zero-order valence-corrected chi connectivity index (χ0v) is 4.30. The first-order valence-electron chi connectivity index (χ1n) is 0.940. The third-order valence-electron chi connectivity index (χ3n) is 0.105. The Morgan fingerprint density at radius 2 is 2.40 bits per heavy atom. The first-order valence-corrected chi connectivity index (χ1v) is 3.46. The number of rotatable bonds is 2. The van der Waals surface area contributed by atoms with Gasteiger partial charge in [0.2, 0.25) is 0 Å². The van der Waals surface area contributed by atoms with E-state index in [4.69, 9.17) is 4.91 Å². The van der Waals surface area contributed by atoms with Crippen LogP contribution < -0.4 is 0 Å². The van der Waals surface area contributed by atoms with Gasteiger partial charge in [0, 0.05) is 4.58 Å². The van der Waals surface area contributed by atoms with E-state index in [0.717, 1.165) is 11.0 Å². The van der Waals surface area contributed by atoms with Gasteiger partial charge in [0.1, 0.15) is 0 Å². The molecule has 5 heavy (non-hydrogen) atoms. The smallest absolute Gasteiger partial charge is 0.0900 e. The topological polar surface area (TPSA) is 29.4 Å². The molecule has 0 aromatic heterocycles. The summed E-state index contributed by atoms with van der Waals surface area (Å²) >= 11 is 0. The number of hydrogen-bond acceptors (Lipinski definition) is 4. The zero-order valence-electron chi connectivity index (χ0n) is 2.67. The molecule has 0 rings (SSSR count). The van der Waals surface area contributed by atoms with E-state index in [1.54, 1.807) is 6.26 Å². The molecule has 0 aromatic carbocycles. The van der Waals surface area contributed by atoms with Crippen molar-refractivity contribution in [1.29, 1.82) is 0 Å². The third-order valence-corrected chi connectivity index (χ3v) is 0.945. The third kappa shape index (κ3) is 4.30. The van der Waals surface area contributed by atoms with Crippen LogP contribution >= 0.6 is 21.8 Å². The van der Waals surface area contributed by atoms with E-state index in [1.165, 1.54) is 10.8 Å². The second kappa shape index (κ2) is 4.30. The van der Waals surface area contributed by atoms with Crippen LogP contribution in [0.15, 0.2) is 4.58 Å². The lowest BCUT2D eigenvalue weighted by Crippen LogP contribution is -1.28. The van der Waals surface area contributed by atoms with Gasteiger partial charge in [-0.3, -0.25) is 0 Å². The molecule has 2 nitrogen and oxygen atoms in total. The zero-order chi connectivity index (χ0) is 4.12. The van der Waals surface area contributed by atoms with Crippen molar-refractivity contribution in [2.24, 2.45) is 4.58 Å². The van der Waals surface area contributed by atoms with Gasteiger partial charge in [-0.15, -0.1) is 4.91 Å². The molecule has 0 radical (unpaired) electrons. The van der Waals surface area contributed by atoms with Gasteiger partial charge in [-0.25, -0.2) is 0 Å². The summed E-state index contributed by atoms with van der Waals surface area (Å²) in [7, 11) is 2.29. The average molecular weight is 109 g/mol. The molecule has 30 valence electrons. The summed E-state index contributed by atoms with van der Waals surface area (Å²) in [4.78, 5) is 9.10. The maximum Gasteiger partial charge on any atom is 0.0900 e. The minimum atomic E-state index is 0.949. The van der Waals surface area contributed by atoms with Crippen LogP contribution in [-0.2, 0) is 0 Å². The van der Waals surface area contributed by atoms with Gasteiger partial charge in [-0.1, -0.05) is 10.8 Å². The van der Waals surface area contributed by atoms with Gasteiger partial charge >= 0.3 is 0 Å². The van der Waals surface area contributed by atoms with Gasteiger partial charge in [0.25, 0.3) is 0 Å². The molecule has 0 bridgehead atoms. The Morgan fingerprint density at radius 3 is 2.40 bits per heavy atom. The molecule has 4 heteroatoms. The molecule has 0 aromatic rings. The first kappa shape index (κ1) is 5.30. The van der Waals surface area contributed by atoms with Crippen molar-refractivity contribution in [2.45, 2.75) is 0 Å². The van der Waals surface area contributed by atoms with Gasteiger partial charge in [0.15, 0.2) is 0 Å².